The Balaban J connectivity index is 1.50. The first kappa shape index (κ1) is 23.3. The highest BCUT2D eigenvalue weighted by atomic mass is 35.5. The molecule has 2 aromatic carbocycles. The number of benzene rings is 2. The Bertz CT molecular complexity index is 1400. The van der Waals surface area contributed by atoms with E-state index in [-0.39, 0.29) is 17.6 Å². The number of thioether (sulfide) groups is 1. The van der Waals surface area contributed by atoms with Crippen LogP contribution >= 0.6 is 23.4 Å². The predicted molar refractivity (Wildman–Crippen MR) is 137 cm³/mol. The van der Waals surface area contributed by atoms with Gasteiger partial charge in [0.25, 0.3) is 5.91 Å². The summed E-state index contributed by atoms with van der Waals surface area (Å²) in [7, 11) is -3.48. The number of anilines is 2. The number of carbonyl (C=O) groups excluding carboxylic acids is 1. The standard InChI is InChI=1S/C23H21ClN4O3S2/c1-14(2)13-33(30,31)28-17-6-7-18(24)20(12-17)26-23-27-22(29)21(32-23)11-15-5-8-19-16(10-15)4-3-9-25-19/h3-12,14,28H,13H2,1-2H3,(H,26,27,29)/b21-11-. The highest BCUT2D eigenvalue weighted by Gasteiger charge is 2.23. The van der Waals surface area contributed by atoms with Crippen LogP contribution in [-0.4, -0.2) is 30.2 Å². The normalized spacial score (nSPS) is 15.3. The van der Waals surface area contributed by atoms with E-state index in [0.29, 0.717) is 26.5 Å². The van der Waals surface area contributed by atoms with Crippen LogP contribution in [0.25, 0.3) is 17.0 Å². The summed E-state index contributed by atoms with van der Waals surface area (Å²) in [5.41, 5.74) is 2.56. The zero-order chi connectivity index (χ0) is 23.6. The van der Waals surface area contributed by atoms with Crippen molar-refractivity contribution in [2.45, 2.75) is 13.8 Å². The number of aliphatic imine (C=N–C) groups is 1. The molecule has 2 heterocycles. The molecule has 1 aromatic heterocycles. The van der Waals surface area contributed by atoms with E-state index < -0.39 is 10.0 Å². The van der Waals surface area contributed by atoms with Gasteiger partial charge in [-0.15, -0.1) is 0 Å². The lowest BCUT2D eigenvalue weighted by atomic mass is 10.1. The minimum Gasteiger partial charge on any atom is -0.333 e. The van der Waals surface area contributed by atoms with E-state index in [1.54, 1.807) is 30.5 Å². The van der Waals surface area contributed by atoms with Gasteiger partial charge in [0.2, 0.25) is 10.0 Å². The van der Waals surface area contributed by atoms with E-state index in [9.17, 15) is 13.2 Å². The number of hydrogen-bond donors (Lipinski definition) is 2. The molecule has 10 heteroatoms. The fourth-order valence-electron chi connectivity index (χ4n) is 3.26. The van der Waals surface area contributed by atoms with Crippen molar-refractivity contribution in [3.05, 3.63) is 70.2 Å². The van der Waals surface area contributed by atoms with Crippen LogP contribution in [0.4, 0.5) is 11.4 Å². The van der Waals surface area contributed by atoms with Gasteiger partial charge >= 0.3 is 0 Å². The van der Waals surface area contributed by atoms with Gasteiger partial charge in [0.15, 0.2) is 5.17 Å². The molecule has 2 N–H and O–H groups in total. The zero-order valence-electron chi connectivity index (χ0n) is 17.9. The third kappa shape index (κ3) is 5.93. The van der Waals surface area contributed by atoms with E-state index in [2.05, 4.69) is 20.0 Å². The first-order chi connectivity index (χ1) is 15.7. The Kier molecular flexibility index (Phi) is 6.73. The second-order valence-electron chi connectivity index (χ2n) is 7.89. The number of aromatic nitrogens is 1. The molecule has 0 radical (unpaired) electrons. The van der Waals surface area contributed by atoms with Gasteiger partial charge < -0.3 is 5.32 Å². The second-order valence-corrected chi connectivity index (χ2v) is 11.1. The molecule has 3 aromatic rings. The number of amides is 1. The highest BCUT2D eigenvalue weighted by Crippen LogP contribution is 2.33. The molecule has 4 rings (SSSR count). The first-order valence-corrected chi connectivity index (χ1v) is 13.0. The van der Waals surface area contributed by atoms with Crippen molar-refractivity contribution in [2.24, 2.45) is 10.9 Å². The number of carbonyl (C=O) groups is 1. The fourth-order valence-corrected chi connectivity index (χ4v) is 5.70. The van der Waals surface area contributed by atoms with Crippen molar-refractivity contribution < 1.29 is 13.2 Å². The van der Waals surface area contributed by atoms with Crippen LogP contribution in [0.15, 0.2) is 64.6 Å². The summed E-state index contributed by atoms with van der Waals surface area (Å²) in [4.78, 5) is 21.3. The van der Waals surface area contributed by atoms with Crippen molar-refractivity contribution in [3.8, 4) is 0 Å². The number of rotatable bonds is 6. The Morgan fingerprint density at radius 1 is 1.15 bits per heavy atom. The molecule has 0 spiro atoms. The Hall–Kier alpha value is -2.88. The molecular formula is C23H21ClN4O3S2. The zero-order valence-corrected chi connectivity index (χ0v) is 20.3. The Morgan fingerprint density at radius 3 is 2.76 bits per heavy atom. The molecule has 1 amide bonds. The lowest BCUT2D eigenvalue weighted by Crippen LogP contribution is -2.20. The summed E-state index contributed by atoms with van der Waals surface area (Å²) < 4.78 is 27.0. The van der Waals surface area contributed by atoms with E-state index in [4.69, 9.17) is 11.6 Å². The van der Waals surface area contributed by atoms with Crippen molar-refractivity contribution in [3.63, 3.8) is 0 Å². The number of fused-ring (bicyclic) bond motifs is 1. The van der Waals surface area contributed by atoms with E-state index >= 15 is 0 Å². The van der Waals surface area contributed by atoms with Gasteiger partial charge in [-0.2, -0.15) is 4.99 Å². The largest absolute Gasteiger partial charge is 0.333 e. The molecule has 170 valence electrons. The number of amidine groups is 1. The van der Waals surface area contributed by atoms with E-state index in [1.807, 2.05) is 44.2 Å². The monoisotopic (exact) mass is 500 g/mol. The minimum absolute atomic E-state index is 0.00766. The summed E-state index contributed by atoms with van der Waals surface area (Å²) in [6, 6.07) is 14.3. The average molecular weight is 501 g/mol. The van der Waals surface area contributed by atoms with Gasteiger partial charge in [-0.05, 0) is 65.7 Å². The van der Waals surface area contributed by atoms with Crippen LogP contribution in [0, 0.1) is 5.92 Å². The second kappa shape index (κ2) is 9.54. The molecule has 7 nitrogen and oxygen atoms in total. The average Bonchev–Trinajstić information content (AvgIpc) is 3.08. The summed E-state index contributed by atoms with van der Waals surface area (Å²) >= 11 is 7.47. The quantitative estimate of drug-likeness (QED) is 0.441. The maximum Gasteiger partial charge on any atom is 0.286 e. The summed E-state index contributed by atoms with van der Waals surface area (Å²) in [6.45, 7) is 3.67. The van der Waals surface area contributed by atoms with Crippen LogP contribution in [0.5, 0.6) is 0 Å². The first-order valence-electron chi connectivity index (χ1n) is 10.1. The molecular weight excluding hydrogens is 480 g/mol. The Morgan fingerprint density at radius 2 is 1.97 bits per heavy atom. The van der Waals surface area contributed by atoms with Crippen LogP contribution in [0.3, 0.4) is 0 Å². The van der Waals surface area contributed by atoms with Gasteiger partial charge in [0.1, 0.15) is 0 Å². The van der Waals surface area contributed by atoms with Crippen LogP contribution in [0.2, 0.25) is 5.02 Å². The molecule has 1 aliphatic heterocycles. The number of hydrogen-bond acceptors (Lipinski definition) is 6. The van der Waals surface area contributed by atoms with Gasteiger partial charge in [-0.1, -0.05) is 37.6 Å². The molecule has 0 saturated heterocycles. The smallest absolute Gasteiger partial charge is 0.286 e. The minimum atomic E-state index is -3.48. The van der Waals surface area contributed by atoms with Gasteiger partial charge in [0, 0.05) is 11.6 Å². The SMILES string of the molecule is CC(C)CS(=O)(=O)Nc1ccc(Cl)c(NC2=NC(=O)/C(=C/c3ccc4ncccc4c3)S2)c1. The highest BCUT2D eigenvalue weighted by molar-refractivity contribution is 8.18. The van der Waals surface area contributed by atoms with Crippen molar-refractivity contribution in [1.29, 1.82) is 0 Å². The fraction of sp³-hybridized carbons (Fsp3) is 0.174. The molecule has 0 atom stereocenters. The number of pyridine rings is 1. The number of nitrogens with zero attached hydrogens (tertiary/aromatic N) is 2. The van der Waals surface area contributed by atoms with Crippen molar-refractivity contribution in [1.82, 2.24) is 4.98 Å². The van der Waals surface area contributed by atoms with Crippen molar-refractivity contribution >= 4 is 72.8 Å². The topological polar surface area (TPSA) is 101 Å². The molecule has 33 heavy (non-hydrogen) atoms. The maximum atomic E-state index is 12.4. The van der Waals surface area contributed by atoms with Gasteiger partial charge in [-0.25, -0.2) is 8.42 Å². The number of nitrogens with one attached hydrogen (secondary N) is 2. The molecule has 0 saturated carbocycles. The summed E-state index contributed by atoms with van der Waals surface area (Å²) in [5, 5.41) is 4.73. The van der Waals surface area contributed by atoms with E-state index in [1.165, 1.54) is 11.8 Å². The molecule has 1 aliphatic rings. The lowest BCUT2D eigenvalue weighted by Gasteiger charge is -2.13. The molecule has 0 aliphatic carbocycles. The summed E-state index contributed by atoms with van der Waals surface area (Å²) in [5.74, 6) is -0.362. The molecule has 0 bridgehead atoms. The third-order valence-electron chi connectivity index (χ3n) is 4.58. The summed E-state index contributed by atoms with van der Waals surface area (Å²) in [6.07, 6.45) is 3.51. The maximum absolute atomic E-state index is 12.4. The van der Waals surface area contributed by atoms with Crippen LogP contribution in [0.1, 0.15) is 19.4 Å². The van der Waals surface area contributed by atoms with Gasteiger partial charge in [0.05, 0.1) is 32.6 Å². The molecule has 0 unspecified atom stereocenters. The van der Waals surface area contributed by atoms with Crippen molar-refractivity contribution in [2.75, 3.05) is 15.8 Å². The Labute approximate surface area is 201 Å². The van der Waals surface area contributed by atoms with Gasteiger partial charge in [-0.3, -0.25) is 14.5 Å². The van der Waals surface area contributed by atoms with E-state index in [0.717, 1.165) is 16.5 Å². The lowest BCUT2D eigenvalue weighted by molar-refractivity contribution is -0.113. The molecule has 0 fully saturated rings. The predicted octanol–water partition coefficient (Wildman–Crippen LogP) is 5.37. The number of halogens is 1. The van der Waals surface area contributed by atoms with Crippen LogP contribution < -0.4 is 10.0 Å². The van der Waals surface area contributed by atoms with Crippen LogP contribution in [-0.2, 0) is 14.8 Å². The number of sulfonamides is 1. The third-order valence-corrected chi connectivity index (χ3v) is 7.46.